The van der Waals surface area contributed by atoms with Crippen molar-refractivity contribution in [2.45, 2.75) is 64.9 Å². The molecule has 4 bridgehead atoms. The van der Waals surface area contributed by atoms with Crippen molar-refractivity contribution in [2.75, 3.05) is 0 Å². The molecular weight excluding hydrogens is 200 g/mol. The molecule has 16 heavy (non-hydrogen) atoms. The predicted octanol–water partition coefficient (Wildman–Crippen LogP) is 3.30. The molecule has 2 heteroatoms. The zero-order valence-electron chi connectivity index (χ0n) is 10.6. The van der Waals surface area contributed by atoms with E-state index in [1.54, 1.807) is 6.92 Å². The Labute approximate surface area is 97.7 Å². The van der Waals surface area contributed by atoms with Gasteiger partial charge in [-0.1, -0.05) is 13.8 Å². The molecule has 4 aliphatic rings. The van der Waals surface area contributed by atoms with Crippen LogP contribution in [0.15, 0.2) is 0 Å². The van der Waals surface area contributed by atoms with E-state index in [1.165, 1.54) is 19.3 Å². The minimum atomic E-state index is -0.102. The molecule has 0 saturated heterocycles. The van der Waals surface area contributed by atoms with Crippen LogP contribution in [0.4, 0.5) is 0 Å². The van der Waals surface area contributed by atoms with Crippen LogP contribution in [0.3, 0.4) is 0 Å². The van der Waals surface area contributed by atoms with E-state index < -0.39 is 0 Å². The third-order valence-corrected chi connectivity index (χ3v) is 4.94. The molecule has 4 aliphatic carbocycles. The van der Waals surface area contributed by atoms with Crippen LogP contribution in [-0.2, 0) is 9.53 Å². The first-order chi connectivity index (χ1) is 7.32. The maximum absolute atomic E-state index is 11.3. The highest BCUT2D eigenvalue weighted by Crippen LogP contribution is 2.67. The molecule has 0 radical (unpaired) electrons. The van der Waals surface area contributed by atoms with Crippen molar-refractivity contribution in [2.24, 2.45) is 16.7 Å². The lowest BCUT2D eigenvalue weighted by atomic mass is 9.43. The van der Waals surface area contributed by atoms with Gasteiger partial charge in [0.15, 0.2) is 0 Å². The van der Waals surface area contributed by atoms with Crippen LogP contribution < -0.4 is 0 Å². The van der Waals surface area contributed by atoms with Crippen LogP contribution in [-0.4, -0.2) is 11.6 Å². The minimum absolute atomic E-state index is 0.0887. The largest absolute Gasteiger partial charge is 0.459 e. The molecule has 4 rings (SSSR count). The fraction of sp³-hybridized carbons (Fsp3) is 0.929. The highest BCUT2D eigenvalue weighted by molar-refractivity contribution is 5.66. The van der Waals surface area contributed by atoms with E-state index in [1.807, 2.05) is 0 Å². The maximum atomic E-state index is 11.3. The zero-order valence-corrected chi connectivity index (χ0v) is 10.6. The fourth-order valence-electron chi connectivity index (χ4n) is 5.76. The summed E-state index contributed by atoms with van der Waals surface area (Å²) in [4.78, 5) is 11.3. The van der Waals surface area contributed by atoms with Gasteiger partial charge in [-0.15, -0.1) is 0 Å². The Bertz CT molecular complexity index is 329. The third-order valence-electron chi connectivity index (χ3n) is 4.94. The zero-order chi connectivity index (χ0) is 11.6. The molecule has 4 saturated carbocycles. The van der Waals surface area contributed by atoms with E-state index in [2.05, 4.69) is 13.8 Å². The van der Waals surface area contributed by atoms with Gasteiger partial charge in [0.25, 0.3) is 0 Å². The van der Waals surface area contributed by atoms with Gasteiger partial charge in [0, 0.05) is 6.92 Å². The number of rotatable bonds is 1. The molecule has 2 unspecified atom stereocenters. The molecule has 0 heterocycles. The highest BCUT2D eigenvalue weighted by Gasteiger charge is 2.61. The van der Waals surface area contributed by atoms with Crippen LogP contribution in [0.5, 0.6) is 0 Å². The average Bonchev–Trinajstić information content (AvgIpc) is 1.91. The summed E-state index contributed by atoms with van der Waals surface area (Å²) in [5, 5.41) is 0. The maximum Gasteiger partial charge on any atom is 0.303 e. The summed E-state index contributed by atoms with van der Waals surface area (Å²) in [6.45, 7) is 6.35. The van der Waals surface area contributed by atoms with E-state index >= 15 is 0 Å². The van der Waals surface area contributed by atoms with E-state index in [0.717, 1.165) is 25.2 Å². The van der Waals surface area contributed by atoms with Crippen molar-refractivity contribution in [3.05, 3.63) is 0 Å². The lowest BCUT2D eigenvalue weighted by Gasteiger charge is -2.64. The topological polar surface area (TPSA) is 26.3 Å². The second kappa shape index (κ2) is 2.83. The molecule has 0 aliphatic heterocycles. The highest BCUT2D eigenvalue weighted by atomic mass is 16.6. The average molecular weight is 222 g/mol. The molecule has 2 atom stereocenters. The van der Waals surface area contributed by atoms with Crippen LogP contribution in [0.1, 0.15) is 59.3 Å². The Kier molecular flexibility index (Phi) is 1.88. The molecule has 0 aromatic heterocycles. The lowest BCUT2D eigenvalue weighted by Crippen LogP contribution is -2.59. The molecule has 4 fully saturated rings. The third kappa shape index (κ3) is 1.49. The molecule has 0 spiro atoms. The van der Waals surface area contributed by atoms with Crippen LogP contribution in [0.25, 0.3) is 0 Å². The summed E-state index contributed by atoms with van der Waals surface area (Å²) in [6.07, 6.45) is 7.37. The first-order valence-corrected chi connectivity index (χ1v) is 6.52. The van der Waals surface area contributed by atoms with Gasteiger partial charge < -0.3 is 4.74 Å². The predicted molar refractivity (Wildman–Crippen MR) is 61.9 cm³/mol. The molecule has 2 nitrogen and oxygen atoms in total. The van der Waals surface area contributed by atoms with Crippen LogP contribution in [0, 0.1) is 16.7 Å². The van der Waals surface area contributed by atoms with Gasteiger partial charge in [0.2, 0.25) is 0 Å². The first-order valence-electron chi connectivity index (χ1n) is 6.52. The van der Waals surface area contributed by atoms with Crippen molar-refractivity contribution in [1.82, 2.24) is 0 Å². The monoisotopic (exact) mass is 222 g/mol. The van der Waals surface area contributed by atoms with Crippen molar-refractivity contribution in [3.8, 4) is 0 Å². The minimum Gasteiger partial charge on any atom is -0.459 e. The SMILES string of the molecule is CC(=O)OC12CC3CC(C)(CC(C)(C3)C1)C2. The molecule has 0 N–H and O–H groups in total. The molecule has 0 amide bonds. The number of carbonyl (C=O) groups is 1. The first kappa shape index (κ1) is 10.6. The number of carbonyl (C=O) groups excluding carboxylic acids is 1. The van der Waals surface area contributed by atoms with Crippen LogP contribution >= 0.6 is 0 Å². The number of hydrogen-bond donors (Lipinski definition) is 0. The molecule has 90 valence electrons. The van der Waals surface area contributed by atoms with E-state index in [4.69, 9.17) is 4.74 Å². The van der Waals surface area contributed by atoms with Crippen molar-refractivity contribution in [1.29, 1.82) is 0 Å². The van der Waals surface area contributed by atoms with Gasteiger partial charge in [-0.2, -0.15) is 0 Å². The summed E-state index contributed by atoms with van der Waals surface area (Å²) >= 11 is 0. The summed E-state index contributed by atoms with van der Waals surface area (Å²) in [5.41, 5.74) is 0.766. The standard InChI is InChI=1S/C14H22O2/c1-10(15)16-14-6-11-4-12(2,8-14)7-13(3,5-11)9-14/h11H,4-9H2,1-3H3. The normalized spacial score (nSPS) is 54.1. The van der Waals surface area contributed by atoms with Crippen molar-refractivity contribution in [3.63, 3.8) is 0 Å². The quantitative estimate of drug-likeness (QED) is 0.636. The summed E-state index contributed by atoms with van der Waals surface area (Å²) in [7, 11) is 0. The molecule has 0 aromatic carbocycles. The fourth-order valence-corrected chi connectivity index (χ4v) is 5.76. The Balaban J connectivity index is 1.95. The van der Waals surface area contributed by atoms with E-state index in [0.29, 0.717) is 10.8 Å². The van der Waals surface area contributed by atoms with E-state index in [9.17, 15) is 4.79 Å². The Morgan fingerprint density at radius 1 is 1.06 bits per heavy atom. The number of esters is 1. The number of hydrogen-bond acceptors (Lipinski definition) is 2. The van der Waals surface area contributed by atoms with Crippen molar-refractivity contribution >= 4 is 5.97 Å². The van der Waals surface area contributed by atoms with Gasteiger partial charge in [-0.25, -0.2) is 0 Å². The number of ether oxygens (including phenoxy) is 1. The van der Waals surface area contributed by atoms with Gasteiger partial charge in [-0.05, 0) is 55.3 Å². The lowest BCUT2D eigenvalue weighted by molar-refractivity contribution is -0.214. The Hall–Kier alpha value is -0.530. The molecular formula is C14H22O2. The van der Waals surface area contributed by atoms with E-state index in [-0.39, 0.29) is 11.6 Å². The summed E-state index contributed by atoms with van der Waals surface area (Å²) < 4.78 is 5.74. The Morgan fingerprint density at radius 3 is 2.06 bits per heavy atom. The van der Waals surface area contributed by atoms with Gasteiger partial charge >= 0.3 is 5.97 Å². The van der Waals surface area contributed by atoms with Crippen LogP contribution in [0.2, 0.25) is 0 Å². The molecule has 0 aromatic rings. The van der Waals surface area contributed by atoms with Gasteiger partial charge in [0.1, 0.15) is 5.60 Å². The van der Waals surface area contributed by atoms with Gasteiger partial charge in [0.05, 0.1) is 0 Å². The second-order valence-electron chi connectivity index (χ2n) is 7.41. The second-order valence-corrected chi connectivity index (χ2v) is 7.41. The smallest absolute Gasteiger partial charge is 0.303 e. The summed E-state index contributed by atoms with van der Waals surface area (Å²) in [5.74, 6) is 0.708. The van der Waals surface area contributed by atoms with Crippen molar-refractivity contribution < 1.29 is 9.53 Å². The van der Waals surface area contributed by atoms with Gasteiger partial charge in [-0.3, -0.25) is 4.79 Å². The summed E-state index contributed by atoms with van der Waals surface area (Å²) in [6, 6.07) is 0. The Morgan fingerprint density at radius 2 is 1.62 bits per heavy atom.